The van der Waals surface area contributed by atoms with Crippen molar-refractivity contribution in [3.8, 4) is 11.1 Å². The Bertz CT molecular complexity index is 1020. The third-order valence-corrected chi connectivity index (χ3v) is 7.18. The lowest BCUT2D eigenvalue weighted by Crippen LogP contribution is -2.45. The van der Waals surface area contributed by atoms with E-state index in [0.717, 1.165) is 47.9 Å². The molecule has 0 heterocycles. The average Bonchev–Trinajstić information content (AvgIpc) is 3.50. The molecule has 0 spiro atoms. The van der Waals surface area contributed by atoms with Crippen molar-refractivity contribution in [1.82, 2.24) is 10.6 Å². The fourth-order valence-corrected chi connectivity index (χ4v) is 5.38. The summed E-state index contributed by atoms with van der Waals surface area (Å²) in [6, 6.07) is 14.9. The lowest BCUT2D eigenvalue weighted by molar-refractivity contribution is -0.143. The Hall–Kier alpha value is -3.39. The zero-order valence-electron chi connectivity index (χ0n) is 19.6. The lowest BCUT2D eigenvalue weighted by atomic mass is 9.87. The van der Waals surface area contributed by atoms with Crippen LogP contribution in [-0.2, 0) is 14.3 Å². The van der Waals surface area contributed by atoms with Gasteiger partial charge in [0.1, 0.15) is 12.6 Å². The number of carboxylic acids is 1. The minimum atomic E-state index is -1.33. The van der Waals surface area contributed by atoms with E-state index < -0.39 is 30.6 Å². The third-order valence-electron chi connectivity index (χ3n) is 7.18. The van der Waals surface area contributed by atoms with Gasteiger partial charge < -0.3 is 25.6 Å². The summed E-state index contributed by atoms with van der Waals surface area (Å²) in [5.74, 6) is -1.62. The van der Waals surface area contributed by atoms with E-state index >= 15 is 0 Å². The first-order valence-corrected chi connectivity index (χ1v) is 12.2. The smallest absolute Gasteiger partial charge is 0.407 e. The highest BCUT2D eigenvalue weighted by atomic mass is 16.5. The summed E-state index contributed by atoms with van der Waals surface area (Å²) in [5, 5.41) is 23.4. The molecule has 2 aliphatic carbocycles. The molecule has 0 aliphatic heterocycles. The molecule has 1 saturated carbocycles. The van der Waals surface area contributed by atoms with Crippen LogP contribution in [0, 0.1) is 11.8 Å². The van der Waals surface area contributed by atoms with Crippen molar-refractivity contribution >= 4 is 18.0 Å². The first-order valence-electron chi connectivity index (χ1n) is 12.2. The minimum Gasteiger partial charge on any atom is -0.480 e. The normalized spacial score (nSPS) is 16.7. The molecule has 2 atom stereocenters. The summed E-state index contributed by atoms with van der Waals surface area (Å²) in [6.45, 7) is -0.190. The first kappa shape index (κ1) is 24.7. The molecular formula is C27H32N2O6. The van der Waals surface area contributed by atoms with Crippen LogP contribution in [0.4, 0.5) is 4.79 Å². The van der Waals surface area contributed by atoms with Gasteiger partial charge in [-0.05, 0) is 34.1 Å². The Kier molecular flexibility index (Phi) is 8.02. The number of hydrogen-bond donors (Lipinski definition) is 4. The first-order chi connectivity index (χ1) is 17.0. The van der Waals surface area contributed by atoms with Crippen LogP contribution >= 0.6 is 0 Å². The van der Waals surface area contributed by atoms with Crippen LogP contribution in [0.5, 0.6) is 0 Å². The molecule has 2 aromatic carbocycles. The number of fused-ring (bicyclic) bond motifs is 3. The molecular weight excluding hydrogens is 448 g/mol. The third kappa shape index (κ3) is 5.82. The highest BCUT2D eigenvalue weighted by molar-refractivity contribution is 5.84. The standard InChI is InChI=1S/C27H32N2O6/c30-15-24(26(32)33)29-25(31)13-18(17-7-1-2-8-17)14-28-27(34)35-16-23-21-11-5-3-9-19(21)20-10-4-6-12-22(20)23/h3-6,9-12,17-18,23-24,30H,1-2,7-8,13-16H2,(H,28,34)(H,29,31)(H,32,33). The molecule has 2 aliphatic rings. The monoisotopic (exact) mass is 480 g/mol. The van der Waals surface area contributed by atoms with E-state index in [0.29, 0.717) is 0 Å². The van der Waals surface area contributed by atoms with E-state index in [1.165, 1.54) is 0 Å². The van der Waals surface area contributed by atoms with Gasteiger partial charge in [-0.3, -0.25) is 4.79 Å². The van der Waals surface area contributed by atoms with Crippen molar-refractivity contribution in [1.29, 1.82) is 0 Å². The van der Waals surface area contributed by atoms with Crippen molar-refractivity contribution in [2.24, 2.45) is 11.8 Å². The molecule has 186 valence electrons. The Morgan fingerprint density at radius 1 is 0.971 bits per heavy atom. The van der Waals surface area contributed by atoms with E-state index in [1.807, 2.05) is 24.3 Å². The SMILES string of the molecule is O=C(CC(CNC(=O)OCC1c2ccccc2-c2ccccc21)C1CCCC1)NC(CO)C(=O)O. The van der Waals surface area contributed by atoms with Crippen molar-refractivity contribution in [2.75, 3.05) is 19.8 Å². The fourth-order valence-electron chi connectivity index (χ4n) is 5.38. The summed E-state index contributed by atoms with van der Waals surface area (Å²) in [7, 11) is 0. The quantitative estimate of drug-likeness (QED) is 0.414. The van der Waals surface area contributed by atoms with Gasteiger partial charge in [-0.1, -0.05) is 74.2 Å². The largest absolute Gasteiger partial charge is 0.480 e. The van der Waals surface area contributed by atoms with Gasteiger partial charge in [0, 0.05) is 18.9 Å². The number of aliphatic hydroxyl groups excluding tert-OH is 1. The fraction of sp³-hybridized carbons (Fsp3) is 0.444. The van der Waals surface area contributed by atoms with Gasteiger partial charge in [-0.2, -0.15) is 0 Å². The number of amides is 2. The van der Waals surface area contributed by atoms with Crippen LogP contribution in [0.3, 0.4) is 0 Å². The van der Waals surface area contributed by atoms with Crippen LogP contribution in [-0.4, -0.2) is 54.0 Å². The van der Waals surface area contributed by atoms with E-state index in [9.17, 15) is 14.4 Å². The number of carbonyl (C=O) groups excluding carboxylic acids is 2. The number of rotatable bonds is 10. The van der Waals surface area contributed by atoms with Crippen molar-refractivity contribution < 1.29 is 29.3 Å². The topological polar surface area (TPSA) is 125 Å². The van der Waals surface area contributed by atoms with Crippen LogP contribution in [0.15, 0.2) is 48.5 Å². The van der Waals surface area contributed by atoms with E-state index in [4.69, 9.17) is 14.9 Å². The molecule has 8 heteroatoms. The van der Waals surface area contributed by atoms with Gasteiger partial charge in [-0.15, -0.1) is 0 Å². The predicted molar refractivity (Wildman–Crippen MR) is 130 cm³/mol. The number of carbonyl (C=O) groups is 3. The second-order valence-electron chi connectivity index (χ2n) is 9.36. The maximum Gasteiger partial charge on any atom is 0.407 e. The number of benzene rings is 2. The highest BCUT2D eigenvalue weighted by Crippen LogP contribution is 2.44. The van der Waals surface area contributed by atoms with Crippen molar-refractivity contribution in [2.45, 2.75) is 44.1 Å². The maximum atomic E-state index is 12.6. The van der Waals surface area contributed by atoms with Gasteiger partial charge in [0.15, 0.2) is 0 Å². The molecule has 0 bridgehead atoms. The second-order valence-corrected chi connectivity index (χ2v) is 9.36. The summed E-state index contributed by atoms with van der Waals surface area (Å²) in [6.07, 6.45) is 3.62. The van der Waals surface area contributed by atoms with Gasteiger partial charge in [-0.25, -0.2) is 9.59 Å². The molecule has 4 N–H and O–H groups in total. The van der Waals surface area contributed by atoms with E-state index in [2.05, 4.69) is 34.9 Å². The molecule has 0 radical (unpaired) electrons. The van der Waals surface area contributed by atoms with Gasteiger partial charge in [0.05, 0.1) is 6.61 Å². The maximum absolute atomic E-state index is 12.6. The zero-order chi connectivity index (χ0) is 24.8. The minimum absolute atomic E-state index is 0.0315. The molecule has 4 rings (SSSR count). The summed E-state index contributed by atoms with van der Waals surface area (Å²) in [5.41, 5.74) is 4.59. The van der Waals surface area contributed by atoms with Gasteiger partial charge >= 0.3 is 12.1 Å². The number of carboxylic acid groups (broad SMARTS) is 1. The molecule has 1 fully saturated rings. The number of hydrogen-bond acceptors (Lipinski definition) is 5. The van der Waals surface area contributed by atoms with Crippen LogP contribution in [0.2, 0.25) is 0 Å². The summed E-state index contributed by atoms with van der Waals surface area (Å²) in [4.78, 5) is 36.1. The number of aliphatic hydroxyl groups is 1. The molecule has 0 aromatic heterocycles. The van der Waals surface area contributed by atoms with Crippen LogP contribution < -0.4 is 10.6 Å². The van der Waals surface area contributed by atoms with Crippen molar-refractivity contribution in [3.05, 3.63) is 59.7 Å². The highest BCUT2D eigenvalue weighted by Gasteiger charge is 2.31. The lowest BCUT2D eigenvalue weighted by Gasteiger charge is -2.24. The summed E-state index contributed by atoms with van der Waals surface area (Å²) < 4.78 is 5.61. The Morgan fingerprint density at radius 3 is 2.14 bits per heavy atom. The number of alkyl carbamates (subject to hydrolysis) is 1. The van der Waals surface area contributed by atoms with Crippen LogP contribution in [0.1, 0.15) is 49.1 Å². The number of ether oxygens (including phenoxy) is 1. The Labute approximate surface area is 204 Å². The molecule has 0 saturated heterocycles. The number of aliphatic carboxylic acids is 1. The van der Waals surface area contributed by atoms with Gasteiger partial charge in [0.25, 0.3) is 0 Å². The Balaban J connectivity index is 1.33. The van der Waals surface area contributed by atoms with Gasteiger partial charge in [0.2, 0.25) is 5.91 Å². The molecule has 8 nitrogen and oxygen atoms in total. The second kappa shape index (κ2) is 11.4. The number of nitrogens with one attached hydrogen (secondary N) is 2. The summed E-state index contributed by atoms with van der Waals surface area (Å²) >= 11 is 0. The molecule has 2 aromatic rings. The predicted octanol–water partition coefficient (Wildman–Crippen LogP) is 3.28. The van der Waals surface area contributed by atoms with E-state index in [1.54, 1.807) is 0 Å². The van der Waals surface area contributed by atoms with Crippen LogP contribution in [0.25, 0.3) is 11.1 Å². The van der Waals surface area contributed by atoms with Crippen molar-refractivity contribution in [3.63, 3.8) is 0 Å². The Morgan fingerprint density at radius 2 is 1.57 bits per heavy atom. The van der Waals surface area contributed by atoms with E-state index in [-0.39, 0.29) is 37.3 Å². The molecule has 2 unspecified atom stereocenters. The molecule has 2 amide bonds. The zero-order valence-corrected chi connectivity index (χ0v) is 19.6. The molecule has 35 heavy (non-hydrogen) atoms. The average molecular weight is 481 g/mol.